The molecule has 1 aromatic rings. The molecular weight excluding hydrogens is 232 g/mol. The van der Waals surface area contributed by atoms with Crippen molar-refractivity contribution < 1.29 is 19.3 Å². The summed E-state index contributed by atoms with van der Waals surface area (Å²) in [5.41, 5.74) is -0.487. The summed E-state index contributed by atoms with van der Waals surface area (Å²) in [7, 11) is 4.66. The molecule has 18 heavy (non-hydrogen) atoms. The Morgan fingerprint density at radius 1 is 1.00 bits per heavy atom. The maximum atomic E-state index is 9.63. The zero-order chi connectivity index (χ0) is 13.8. The minimum Gasteiger partial charge on any atom is -0.496 e. The van der Waals surface area contributed by atoms with E-state index < -0.39 is 5.60 Å². The molecule has 4 nitrogen and oxygen atoms in total. The van der Waals surface area contributed by atoms with E-state index in [1.165, 1.54) is 0 Å². The smallest absolute Gasteiger partial charge is 0.141 e. The van der Waals surface area contributed by atoms with Gasteiger partial charge in [-0.2, -0.15) is 0 Å². The molecule has 0 radical (unpaired) electrons. The molecule has 0 spiro atoms. The molecule has 0 aromatic heterocycles. The van der Waals surface area contributed by atoms with Gasteiger partial charge in [0.15, 0.2) is 0 Å². The fourth-order valence-electron chi connectivity index (χ4n) is 1.34. The van der Waals surface area contributed by atoms with Crippen molar-refractivity contribution in [2.24, 2.45) is 0 Å². The first kappa shape index (κ1) is 14.2. The first-order chi connectivity index (χ1) is 8.41. The van der Waals surface area contributed by atoms with Crippen LogP contribution in [0.2, 0.25) is 0 Å². The quantitative estimate of drug-likeness (QED) is 0.831. The van der Waals surface area contributed by atoms with Crippen molar-refractivity contribution in [3.63, 3.8) is 0 Å². The van der Waals surface area contributed by atoms with Crippen LogP contribution in [0.4, 0.5) is 0 Å². The Morgan fingerprint density at radius 2 is 1.50 bits per heavy atom. The van der Waals surface area contributed by atoms with Crippen molar-refractivity contribution in [1.82, 2.24) is 0 Å². The van der Waals surface area contributed by atoms with Crippen molar-refractivity contribution in [3.05, 3.63) is 17.7 Å². The summed E-state index contributed by atoms with van der Waals surface area (Å²) in [4.78, 5) is 0. The Hall–Kier alpha value is -1.86. The number of benzene rings is 1. The van der Waals surface area contributed by atoms with E-state index in [-0.39, 0.29) is 0 Å². The summed E-state index contributed by atoms with van der Waals surface area (Å²) in [6.07, 6.45) is 0. The Bertz CT molecular complexity index is 450. The lowest BCUT2D eigenvalue weighted by Crippen LogP contribution is -2.14. The molecular formula is C14H18O4. The summed E-state index contributed by atoms with van der Waals surface area (Å²) in [6.45, 7) is 3.23. The van der Waals surface area contributed by atoms with Crippen LogP contribution >= 0.6 is 0 Å². The minimum absolute atomic E-state index is 0.544. The van der Waals surface area contributed by atoms with E-state index in [0.717, 1.165) is 0 Å². The summed E-state index contributed by atoms with van der Waals surface area (Å²) in [5.74, 6) is 7.31. The third-order valence-corrected chi connectivity index (χ3v) is 2.21. The fraction of sp³-hybridized carbons (Fsp3) is 0.429. The highest BCUT2D eigenvalue weighted by molar-refractivity contribution is 5.59. The van der Waals surface area contributed by atoms with E-state index in [4.69, 9.17) is 14.2 Å². The van der Waals surface area contributed by atoms with Gasteiger partial charge < -0.3 is 19.3 Å². The van der Waals surface area contributed by atoms with Gasteiger partial charge in [-0.15, -0.1) is 0 Å². The zero-order valence-corrected chi connectivity index (χ0v) is 11.3. The summed E-state index contributed by atoms with van der Waals surface area (Å²) < 4.78 is 15.6. The van der Waals surface area contributed by atoms with Crippen LogP contribution in [0.3, 0.4) is 0 Å². The van der Waals surface area contributed by atoms with Crippen LogP contribution in [-0.4, -0.2) is 32.0 Å². The zero-order valence-electron chi connectivity index (χ0n) is 11.3. The molecule has 0 unspecified atom stereocenters. The maximum Gasteiger partial charge on any atom is 0.141 e. The van der Waals surface area contributed by atoms with E-state index in [1.54, 1.807) is 47.3 Å². The molecule has 0 amide bonds. The third-order valence-electron chi connectivity index (χ3n) is 2.21. The molecule has 0 saturated heterocycles. The summed E-state index contributed by atoms with van der Waals surface area (Å²) in [5, 5.41) is 9.63. The Kier molecular flexibility index (Phi) is 4.46. The highest BCUT2D eigenvalue weighted by atomic mass is 16.5. The molecule has 0 fully saturated rings. The lowest BCUT2D eigenvalue weighted by molar-refractivity contribution is 0.143. The van der Waals surface area contributed by atoms with Gasteiger partial charge in [-0.1, -0.05) is 11.8 Å². The SMILES string of the molecule is COc1cc(OC)c(C#CC(C)(C)O)c(OC)c1. The number of rotatable bonds is 3. The predicted octanol–water partition coefficient (Wildman–Crippen LogP) is 1.83. The Morgan fingerprint density at radius 3 is 1.83 bits per heavy atom. The standard InChI is InChI=1S/C14H18O4/c1-14(2,15)7-6-11-12(17-4)8-10(16-3)9-13(11)18-5/h8-9,15H,1-5H3. The van der Waals surface area contributed by atoms with E-state index in [1.807, 2.05) is 0 Å². The summed E-state index contributed by atoms with van der Waals surface area (Å²) in [6, 6.07) is 3.44. The Labute approximate surface area is 107 Å². The number of ether oxygens (including phenoxy) is 3. The Balaban J connectivity index is 3.35. The first-order valence-electron chi connectivity index (χ1n) is 5.47. The molecule has 0 aliphatic rings. The van der Waals surface area contributed by atoms with Crippen LogP contribution in [0.15, 0.2) is 12.1 Å². The fourth-order valence-corrected chi connectivity index (χ4v) is 1.34. The largest absolute Gasteiger partial charge is 0.496 e. The van der Waals surface area contributed by atoms with E-state index >= 15 is 0 Å². The van der Waals surface area contributed by atoms with E-state index in [0.29, 0.717) is 22.8 Å². The molecule has 98 valence electrons. The average Bonchev–Trinajstić information content (AvgIpc) is 2.34. The van der Waals surface area contributed by atoms with Gasteiger partial charge in [-0.25, -0.2) is 0 Å². The van der Waals surface area contributed by atoms with Gasteiger partial charge in [0.05, 0.1) is 21.3 Å². The van der Waals surface area contributed by atoms with Crippen LogP contribution in [0.5, 0.6) is 17.2 Å². The minimum atomic E-state index is -1.07. The van der Waals surface area contributed by atoms with Crippen molar-refractivity contribution in [2.75, 3.05) is 21.3 Å². The van der Waals surface area contributed by atoms with Crippen LogP contribution in [0.1, 0.15) is 19.4 Å². The van der Waals surface area contributed by atoms with Crippen LogP contribution in [0, 0.1) is 11.8 Å². The predicted molar refractivity (Wildman–Crippen MR) is 69.3 cm³/mol. The van der Waals surface area contributed by atoms with Gasteiger partial charge in [-0.05, 0) is 13.8 Å². The number of methoxy groups -OCH3 is 3. The second-order valence-corrected chi connectivity index (χ2v) is 4.22. The van der Waals surface area contributed by atoms with Crippen molar-refractivity contribution in [1.29, 1.82) is 0 Å². The first-order valence-corrected chi connectivity index (χ1v) is 5.47. The van der Waals surface area contributed by atoms with Gasteiger partial charge in [0, 0.05) is 12.1 Å². The van der Waals surface area contributed by atoms with Gasteiger partial charge in [0.1, 0.15) is 28.4 Å². The molecule has 4 heteroatoms. The third kappa shape index (κ3) is 3.57. The van der Waals surface area contributed by atoms with Crippen molar-refractivity contribution >= 4 is 0 Å². The molecule has 1 N–H and O–H groups in total. The highest BCUT2D eigenvalue weighted by Gasteiger charge is 2.13. The number of aliphatic hydroxyl groups is 1. The van der Waals surface area contributed by atoms with Crippen LogP contribution < -0.4 is 14.2 Å². The van der Waals surface area contributed by atoms with E-state index in [9.17, 15) is 5.11 Å². The van der Waals surface area contributed by atoms with Crippen molar-refractivity contribution in [2.45, 2.75) is 19.4 Å². The molecule has 0 aliphatic carbocycles. The highest BCUT2D eigenvalue weighted by Crippen LogP contribution is 2.33. The normalized spacial score (nSPS) is 10.3. The van der Waals surface area contributed by atoms with Crippen molar-refractivity contribution in [3.8, 4) is 29.1 Å². The second-order valence-electron chi connectivity index (χ2n) is 4.22. The monoisotopic (exact) mass is 250 g/mol. The molecule has 0 bridgehead atoms. The topological polar surface area (TPSA) is 47.9 Å². The van der Waals surface area contributed by atoms with Gasteiger partial charge in [0.25, 0.3) is 0 Å². The second kappa shape index (κ2) is 5.65. The lowest BCUT2D eigenvalue weighted by Gasteiger charge is -2.12. The molecule has 0 saturated carbocycles. The van der Waals surface area contributed by atoms with Crippen LogP contribution in [0.25, 0.3) is 0 Å². The molecule has 1 aromatic carbocycles. The molecule has 0 aliphatic heterocycles. The van der Waals surface area contributed by atoms with E-state index in [2.05, 4.69) is 11.8 Å². The van der Waals surface area contributed by atoms with Crippen LogP contribution in [-0.2, 0) is 0 Å². The molecule has 0 atom stereocenters. The molecule has 0 heterocycles. The van der Waals surface area contributed by atoms with Gasteiger partial charge in [-0.3, -0.25) is 0 Å². The van der Waals surface area contributed by atoms with Gasteiger partial charge >= 0.3 is 0 Å². The maximum absolute atomic E-state index is 9.63. The average molecular weight is 250 g/mol. The van der Waals surface area contributed by atoms with Gasteiger partial charge in [0.2, 0.25) is 0 Å². The lowest BCUT2D eigenvalue weighted by atomic mass is 10.1. The number of hydrogen-bond acceptors (Lipinski definition) is 4. The molecule has 1 rings (SSSR count). The number of hydrogen-bond donors (Lipinski definition) is 1. The summed E-state index contributed by atoms with van der Waals surface area (Å²) >= 11 is 0.